The maximum atomic E-state index is 11.6. The third kappa shape index (κ3) is 3.08. The van der Waals surface area contributed by atoms with Crippen molar-refractivity contribution < 1.29 is 8.42 Å². The topological polar surface area (TPSA) is 78.0 Å². The Bertz CT molecular complexity index is 692. The Kier molecular flexibility index (Phi) is 4.25. The molecule has 1 aromatic heterocycles. The van der Waals surface area contributed by atoms with E-state index in [4.69, 9.17) is 5.73 Å². The lowest BCUT2D eigenvalue weighted by Crippen LogP contribution is -2.18. The van der Waals surface area contributed by atoms with Crippen LogP contribution < -0.4 is 5.73 Å². The van der Waals surface area contributed by atoms with Crippen LogP contribution in [0, 0.1) is 0 Å². The molecule has 0 aliphatic carbocycles. The van der Waals surface area contributed by atoms with Crippen LogP contribution in [0.15, 0.2) is 41.4 Å². The molecule has 20 heavy (non-hydrogen) atoms. The average Bonchev–Trinajstić information content (AvgIpc) is 2.86. The highest BCUT2D eigenvalue weighted by molar-refractivity contribution is 7.90. The summed E-state index contributed by atoms with van der Waals surface area (Å²) >= 11 is 0. The molecule has 0 spiro atoms. The molecule has 0 amide bonds. The quantitative estimate of drug-likeness (QED) is 0.911. The summed E-state index contributed by atoms with van der Waals surface area (Å²) < 4.78 is 25.1. The lowest BCUT2D eigenvalue weighted by molar-refractivity contribution is 0.559. The van der Waals surface area contributed by atoms with Crippen molar-refractivity contribution in [2.45, 2.75) is 30.8 Å². The van der Waals surface area contributed by atoms with Crippen molar-refractivity contribution >= 4 is 9.84 Å². The monoisotopic (exact) mass is 293 g/mol. The zero-order valence-electron chi connectivity index (χ0n) is 11.7. The molecule has 0 saturated carbocycles. The predicted molar refractivity (Wildman–Crippen MR) is 78.1 cm³/mol. The number of hydrogen-bond donors (Lipinski definition) is 1. The first kappa shape index (κ1) is 14.7. The molecule has 6 heteroatoms. The molecule has 0 saturated heterocycles. The van der Waals surface area contributed by atoms with Crippen molar-refractivity contribution in [1.29, 1.82) is 0 Å². The van der Waals surface area contributed by atoms with Gasteiger partial charge in [-0.05, 0) is 30.2 Å². The smallest absolute Gasteiger partial charge is 0.175 e. The first-order valence-electron chi connectivity index (χ1n) is 6.50. The van der Waals surface area contributed by atoms with E-state index in [2.05, 4.69) is 12.0 Å². The lowest BCUT2D eigenvalue weighted by Gasteiger charge is -2.15. The van der Waals surface area contributed by atoms with Crippen molar-refractivity contribution in [2.24, 2.45) is 5.73 Å². The van der Waals surface area contributed by atoms with Gasteiger partial charge in [0.05, 0.1) is 16.6 Å². The van der Waals surface area contributed by atoms with Crippen LogP contribution in [-0.4, -0.2) is 24.5 Å². The summed E-state index contributed by atoms with van der Waals surface area (Å²) in [7, 11) is -3.23. The zero-order valence-corrected chi connectivity index (χ0v) is 12.5. The second-order valence-electron chi connectivity index (χ2n) is 4.80. The minimum Gasteiger partial charge on any atom is -0.319 e. The van der Waals surface area contributed by atoms with Crippen LogP contribution in [0.1, 0.15) is 30.6 Å². The molecule has 2 N–H and O–H groups in total. The number of nitrogens with zero attached hydrogens (tertiary/aromatic N) is 2. The Hall–Kier alpha value is -1.66. The molecule has 108 valence electrons. The molecule has 1 unspecified atom stereocenters. The molecule has 1 heterocycles. The molecule has 0 aliphatic rings. The molecule has 0 bridgehead atoms. The van der Waals surface area contributed by atoms with E-state index in [9.17, 15) is 8.42 Å². The van der Waals surface area contributed by atoms with E-state index in [0.717, 1.165) is 24.2 Å². The van der Waals surface area contributed by atoms with Crippen LogP contribution in [-0.2, 0) is 16.4 Å². The van der Waals surface area contributed by atoms with Gasteiger partial charge in [0, 0.05) is 19.0 Å². The number of benzene rings is 1. The standard InChI is InChI=1S/C14H19N3O2S/c1-3-9-17-13(7-8-16-17)14(15)11-5-4-6-12(10-11)20(2,18)19/h4-8,10,14H,3,9,15H2,1-2H3. The first-order valence-corrected chi connectivity index (χ1v) is 8.40. The molecule has 0 fully saturated rings. The summed E-state index contributed by atoms with van der Waals surface area (Å²) in [5.74, 6) is 0. The molecular formula is C14H19N3O2S. The summed E-state index contributed by atoms with van der Waals surface area (Å²) in [4.78, 5) is 0.284. The Morgan fingerprint density at radius 3 is 2.75 bits per heavy atom. The van der Waals surface area contributed by atoms with E-state index in [1.165, 1.54) is 6.26 Å². The Balaban J connectivity index is 2.38. The van der Waals surface area contributed by atoms with Gasteiger partial charge in [-0.15, -0.1) is 0 Å². The van der Waals surface area contributed by atoms with E-state index in [-0.39, 0.29) is 10.9 Å². The van der Waals surface area contributed by atoms with Crippen molar-refractivity contribution in [1.82, 2.24) is 9.78 Å². The van der Waals surface area contributed by atoms with E-state index in [1.54, 1.807) is 24.4 Å². The minimum atomic E-state index is -3.23. The summed E-state index contributed by atoms with van der Waals surface area (Å²) in [6.45, 7) is 2.86. The normalized spacial score (nSPS) is 13.3. The second-order valence-corrected chi connectivity index (χ2v) is 6.82. The van der Waals surface area contributed by atoms with Crippen molar-refractivity contribution in [3.63, 3.8) is 0 Å². The SMILES string of the molecule is CCCn1nccc1C(N)c1cccc(S(C)(=O)=O)c1. The van der Waals surface area contributed by atoms with E-state index in [1.807, 2.05) is 16.8 Å². The van der Waals surface area contributed by atoms with Gasteiger partial charge in [-0.2, -0.15) is 5.10 Å². The van der Waals surface area contributed by atoms with Crippen molar-refractivity contribution in [3.8, 4) is 0 Å². The Labute approximate surface area is 119 Å². The van der Waals surface area contributed by atoms with Crippen LogP contribution in [0.3, 0.4) is 0 Å². The largest absolute Gasteiger partial charge is 0.319 e. The van der Waals surface area contributed by atoms with Crippen LogP contribution in [0.2, 0.25) is 0 Å². The predicted octanol–water partition coefficient (Wildman–Crippen LogP) is 1.74. The Morgan fingerprint density at radius 1 is 1.35 bits per heavy atom. The fraction of sp³-hybridized carbons (Fsp3) is 0.357. The molecule has 5 nitrogen and oxygen atoms in total. The molecule has 2 rings (SSSR count). The number of aryl methyl sites for hydroxylation is 1. The highest BCUT2D eigenvalue weighted by Crippen LogP contribution is 2.22. The highest BCUT2D eigenvalue weighted by Gasteiger charge is 2.16. The minimum absolute atomic E-state index is 0.284. The van der Waals surface area contributed by atoms with Gasteiger partial charge in [0.25, 0.3) is 0 Å². The second kappa shape index (κ2) is 5.76. The number of rotatable bonds is 5. The Morgan fingerprint density at radius 2 is 2.10 bits per heavy atom. The molecule has 1 atom stereocenters. The van der Waals surface area contributed by atoms with Gasteiger partial charge in [-0.1, -0.05) is 19.1 Å². The fourth-order valence-corrected chi connectivity index (χ4v) is 2.79. The van der Waals surface area contributed by atoms with Gasteiger partial charge in [-0.25, -0.2) is 8.42 Å². The summed E-state index contributed by atoms with van der Waals surface area (Å²) in [6, 6.07) is 8.24. The van der Waals surface area contributed by atoms with Gasteiger partial charge in [0.15, 0.2) is 9.84 Å². The van der Waals surface area contributed by atoms with E-state index >= 15 is 0 Å². The van der Waals surface area contributed by atoms with Crippen LogP contribution >= 0.6 is 0 Å². The number of aromatic nitrogens is 2. The third-order valence-corrected chi connectivity index (χ3v) is 4.26. The van der Waals surface area contributed by atoms with E-state index in [0.29, 0.717) is 0 Å². The van der Waals surface area contributed by atoms with Crippen molar-refractivity contribution in [2.75, 3.05) is 6.26 Å². The van der Waals surface area contributed by atoms with Gasteiger partial charge in [0.1, 0.15) is 0 Å². The molecule has 1 aromatic carbocycles. The van der Waals surface area contributed by atoms with Gasteiger partial charge in [0.2, 0.25) is 0 Å². The van der Waals surface area contributed by atoms with Gasteiger partial charge < -0.3 is 5.73 Å². The van der Waals surface area contributed by atoms with E-state index < -0.39 is 9.84 Å². The fourth-order valence-electron chi connectivity index (χ4n) is 2.12. The molecule has 2 aromatic rings. The van der Waals surface area contributed by atoms with Crippen LogP contribution in [0.5, 0.6) is 0 Å². The number of nitrogens with two attached hydrogens (primary N) is 1. The molecular weight excluding hydrogens is 274 g/mol. The first-order chi connectivity index (χ1) is 9.43. The number of sulfone groups is 1. The lowest BCUT2D eigenvalue weighted by atomic mass is 10.0. The third-order valence-electron chi connectivity index (χ3n) is 3.15. The summed E-state index contributed by atoms with van der Waals surface area (Å²) in [5.41, 5.74) is 7.90. The average molecular weight is 293 g/mol. The summed E-state index contributed by atoms with van der Waals surface area (Å²) in [5, 5.41) is 4.24. The zero-order chi connectivity index (χ0) is 14.8. The van der Waals surface area contributed by atoms with Gasteiger partial charge in [-0.3, -0.25) is 4.68 Å². The van der Waals surface area contributed by atoms with Crippen LogP contribution in [0.4, 0.5) is 0 Å². The maximum absolute atomic E-state index is 11.6. The summed E-state index contributed by atoms with van der Waals surface area (Å²) in [6.07, 6.45) is 3.87. The maximum Gasteiger partial charge on any atom is 0.175 e. The molecule has 0 radical (unpaired) electrons. The number of hydrogen-bond acceptors (Lipinski definition) is 4. The molecule has 0 aliphatic heterocycles. The van der Waals surface area contributed by atoms with Crippen molar-refractivity contribution in [3.05, 3.63) is 47.8 Å². The highest BCUT2D eigenvalue weighted by atomic mass is 32.2. The van der Waals surface area contributed by atoms with Gasteiger partial charge >= 0.3 is 0 Å². The van der Waals surface area contributed by atoms with Crippen LogP contribution in [0.25, 0.3) is 0 Å².